The Morgan fingerprint density at radius 2 is 1.85 bits per heavy atom. The highest BCUT2D eigenvalue weighted by molar-refractivity contribution is 6.12. The van der Waals surface area contributed by atoms with Gasteiger partial charge < -0.3 is 15.4 Å². The molecule has 2 aromatic carbocycles. The number of nitrogens with two attached hydrogens (primary N) is 1. The lowest BCUT2D eigenvalue weighted by Gasteiger charge is -2.31. The van der Waals surface area contributed by atoms with E-state index >= 15 is 0 Å². The molecule has 0 spiro atoms. The highest BCUT2D eigenvalue weighted by atomic mass is 16.5. The summed E-state index contributed by atoms with van der Waals surface area (Å²) in [6.45, 7) is 4.97. The van der Waals surface area contributed by atoms with Crippen molar-refractivity contribution >= 4 is 29.3 Å². The standard InChI is InChI=1S/C21H23N3O3/c1-3-23(4-2)20(25)14-24-17-11-10-16(22)13-18(17)27-19(21(24)26)12-15-8-6-5-7-9-15/h5-13H,3-4,14,22H2,1-2H3/b19-12+. The Bertz CT molecular complexity index is 873. The van der Waals surface area contributed by atoms with Crippen molar-refractivity contribution in [3.05, 3.63) is 59.9 Å². The molecule has 1 heterocycles. The van der Waals surface area contributed by atoms with Crippen LogP contribution in [0.25, 0.3) is 6.08 Å². The molecular formula is C21H23N3O3. The van der Waals surface area contributed by atoms with Crippen molar-refractivity contribution in [2.45, 2.75) is 13.8 Å². The molecule has 0 atom stereocenters. The molecule has 2 amide bonds. The summed E-state index contributed by atoms with van der Waals surface area (Å²) < 4.78 is 5.82. The molecule has 1 aliphatic heterocycles. The summed E-state index contributed by atoms with van der Waals surface area (Å²) in [4.78, 5) is 28.8. The van der Waals surface area contributed by atoms with E-state index in [2.05, 4.69) is 0 Å². The number of ether oxygens (including phenoxy) is 1. The average Bonchev–Trinajstić information content (AvgIpc) is 2.67. The first kappa shape index (κ1) is 18.5. The van der Waals surface area contributed by atoms with E-state index in [9.17, 15) is 9.59 Å². The number of nitrogen functional groups attached to an aromatic ring is 1. The molecule has 0 fully saturated rings. The van der Waals surface area contributed by atoms with Crippen LogP contribution in [0.15, 0.2) is 54.3 Å². The summed E-state index contributed by atoms with van der Waals surface area (Å²) >= 11 is 0. The molecule has 140 valence electrons. The molecule has 0 bridgehead atoms. The van der Waals surface area contributed by atoms with Crippen molar-refractivity contribution in [3.63, 3.8) is 0 Å². The highest BCUT2D eigenvalue weighted by Gasteiger charge is 2.32. The summed E-state index contributed by atoms with van der Waals surface area (Å²) in [6.07, 6.45) is 1.67. The molecule has 0 aliphatic carbocycles. The number of likely N-dealkylation sites (N-methyl/N-ethyl adjacent to an activating group) is 1. The van der Waals surface area contributed by atoms with Gasteiger partial charge in [0.2, 0.25) is 5.91 Å². The first-order valence-corrected chi connectivity index (χ1v) is 8.97. The number of rotatable bonds is 5. The molecule has 27 heavy (non-hydrogen) atoms. The van der Waals surface area contributed by atoms with Crippen LogP contribution in [0.3, 0.4) is 0 Å². The van der Waals surface area contributed by atoms with Crippen LogP contribution >= 0.6 is 0 Å². The topological polar surface area (TPSA) is 75.9 Å². The molecule has 3 rings (SSSR count). The fourth-order valence-corrected chi connectivity index (χ4v) is 3.00. The Balaban J connectivity index is 1.99. The number of benzene rings is 2. The Morgan fingerprint density at radius 1 is 1.15 bits per heavy atom. The van der Waals surface area contributed by atoms with Crippen LogP contribution in [-0.2, 0) is 9.59 Å². The van der Waals surface area contributed by atoms with Crippen LogP contribution < -0.4 is 15.4 Å². The first-order chi connectivity index (χ1) is 13.0. The number of anilines is 2. The lowest BCUT2D eigenvalue weighted by molar-refractivity contribution is -0.131. The molecule has 2 aromatic rings. The van der Waals surface area contributed by atoms with E-state index in [1.807, 2.05) is 44.2 Å². The fourth-order valence-electron chi connectivity index (χ4n) is 3.00. The predicted octanol–water partition coefficient (Wildman–Crippen LogP) is 2.90. The van der Waals surface area contributed by atoms with Gasteiger partial charge in [0, 0.05) is 24.8 Å². The van der Waals surface area contributed by atoms with E-state index in [1.165, 1.54) is 4.90 Å². The second kappa shape index (κ2) is 7.95. The number of hydrogen-bond acceptors (Lipinski definition) is 4. The minimum Gasteiger partial charge on any atom is -0.449 e. The van der Waals surface area contributed by atoms with Gasteiger partial charge in [0.15, 0.2) is 11.5 Å². The Kier molecular flexibility index (Phi) is 5.45. The average molecular weight is 365 g/mol. The van der Waals surface area contributed by atoms with Gasteiger partial charge in [-0.3, -0.25) is 14.5 Å². The predicted molar refractivity (Wildman–Crippen MR) is 106 cm³/mol. The number of carbonyl (C=O) groups excluding carboxylic acids is 2. The van der Waals surface area contributed by atoms with Crippen LogP contribution in [0.5, 0.6) is 5.75 Å². The van der Waals surface area contributed by atoms with Gasteiger partial charge in [0.05, 0.1) is 5.69 Å². The van der Waals surface area contributed by atoms with Gasteiger partial charge in [-0.2, -0.15) is 0 Å². The maximum absolute atomic E-state index is 13.0. The van der Waals surface area contributed by atoms with Gasteiger partial charge in [-0.05, 0) is 37.6 Å². The Morgan fingerprint density at radius 3 is 2.52 bits per heavy atom. The summed E-state index contributed by atoms with van der Waals surface area (Å²) in [5.41, 5.74) is 7.78. The third-order valence-corrected chi connectivity index (χ3v) is 4.46. The van der Waals surface area contributed by atoms with Gasteiger partial charge in [0.1, 0.15) is 6.54 Å². The maximum Gasteiger partial charge on any atom is 0.294 e. The van der Waals surface area contributed by atoms with Crippen LogP contribution in [0.1, 0.15) is 19.4 Å². The number of nitrogens with zero attached hydrogens (tertiary/aromatic N) is 2. The fraction of sp³-hybridized carbons (Fsp3) is 0.238. The van der Waals surface area contributed by atoms with E-state index in [-0.39, 0.29) is 24.1 Å². The van der Waals surface area contributed by atoms with Crippen molar-refractivity contribution in [3.8, 4) is 5.75 Å². The van der Waals surface area contributed by atoms with Crippen molar-refractivity contribution in [2.24, 2.45) is 0 Å². The zero-order valence-electron chi connectivity index (χ0n) is 15.5. The van der Waals surface area contributed by atoms with Crippen molar-refractivity contribution < 1.29 is 14.3 Å². The Hall–Kier alpha value is -3.28. The lowest BCUT2D eigenvalue weighted by Crippen LogP contribution is -2.45. The lowest BCUT2D eigenvalue weighted by atomic mass is 10.1. The number of hydrogen-bond donors (Lipinski definition) is 1. The van der Waals surface area contributed by atoms with Crippen molar-refractivity contribution in [2.75, 3.05) is 30.3 Å². The minimum atomic E-state index is -0.350. The number of fused-ring (bicyclic) bond motifs is 1. The van der Waals surface area contributed by atoms with Gasteiger partial charge in [-0.15, -0.1) is 0 Å². The molecular weight excluding hydrogens is 342 g/mol. The van der Waals surface area contributed by atoms with Crippen molar-refractivity contribution in [1.29, 1.82) is 0 Å². The van der Waals surface area contributed by atoms with Crippen LogP contribution in [0.4, 0.5) is 11.4 Å². The van der Waals surface area contributed by atoms with E-state index < -0.39 is 0 Å². The molecule has 6 nitrogen and oxygen atoms in total. The Labute approximate surface area is 158 Å². The monoisotopic (exact) mass is 365 g/mol. The molecule has 0 unspecified atom stereocenters. The van der Waals surface area contributed by atoms with E-state index in [1.54, 1.807) is 29.2 Å². The van der Waals surface area contributed by atoms with Gasteiger partial charge in [-0.25, -0.2) is 0 Å². The normalized spacial score (nSPS) is 14.7. The summed E-state index contributed by atoms with van der Waals surface area (Å²) in [7, 11) is 0. The van der Waals surface area contributed by atoms with E-state index in [4.69, 9.17) is 10.5 Å². The molecule has 1 aliphatic rings. The second-order valence-corrected chi connectivity index (χ2v) is 6.21. The maximum atomic E-state index is 13.0. The molecule has 0 aromatic heterocycles. The zero-order valence-corrected chi connectivity index (χ0v) is 15.5. The third-order valence-electron chi connectivity index (χ3n) is 4.46. The van der Waals surface area contributed by atoms with Gasteiger partial charge in [0.25, 0.3) is 5.91 Å². The first-order valence-electron chi connectivity index (χ1n) is 8.97. The van der Waals surface area contributed by atoms with E-state index in [0.29, 0.717) is 30.2 Å². The SMILES string of the molecule is CCN(CC)C(=O)CN1C(=O)/C(=C\c2ccccc2)Oc2cc(N)ccc21. The highest BCUT2D eigenvalue weighted by Crippen LogP contribution is 2.37. The third kappa shape index (κ3) is 3.95. The van der Waals surface area contributed by atoms with E-state index in [0.717, 1.165) is 5.56 Å². The second-order valence-electron chi connectivity index (χ2n) is 6.21. The molecule has 0 radical (unpaired) electrons. The van der Waals surface area contributed by atoms with Crippen LogP contribution in [0, 0.1) is 0 Å². The van der Waals surface area contributed by atoms with Crippen molar-refractivity contribution in [1.82, 2.24) is 4.90 Å². The quantitative estimate of drug-likeness (QED) is 0.653. The summed E-state index contributed by atoms with van der Waals surface area (Å²) in [5, 5.41) is 0. The van der Waals surface area contributed by atoms with Gasteiger partial charge >= 0.3 is 0 Å². The minimum absolute atomic E-state index is 0.0487. The largest absolute Gasteiger partial charge is 0.449 e. The zero-order chi connectivity index (χ0) is 19.4. The van der Waals surface area contributed by atoms with Crippen LogP contribution in [-0.4, -0.2) is 36.3 Å². The molecule has 0 saturated carbocycles. The molecule has 0 saturated heterocycles. The number of carbonyl (C=O) groups is 2. The molecule has 2 N–H and O–H groups in total. The number of amides is 2. The van der Waals surface area contributed by atoms with Crippen LogP contribution in [0.2, 0.25) is 0 Å². The summed E-state index contributed by atoms with van der Waals surface area (Å²) in [5.74, 6) is 0.157. The summed E-state index contributed by atoms with van der Waals surface area (Å²) in [6, 6.07) is 14.5. The van der Waals surface area contributed by atoms with Gasteiger partial charge in [-0.1, -0.05) is 30.3 Å². The molecule has 6 heteroatoms. The smallest absolute Gasteiger partial charge is 0.294 e.